The minimum atomic E-state index is -4.27. The van der Waals surface area contributed by atoms with Crippen molar-refractivity contribution in [3.8, 4) is 0 Å². The summed E-state index contributed by atoms with van der Waals surface area (Å²) in [6, 6.07) is 5.80. The first-order chi connectivity index (χ1) is 6.91. The van der Waals surface area contributed by atoms with Gasteiger partial charge in [0.05, 0.1) is 5.56 Å². The zero-order valence-corrected chi connectivity index (χ0v) is 8.73. The van der Waals surface area contributed by atoms with E-state index in [4.69, 9.17) is 0 Å². The van der Waals surface area contributed by atoms with Gasteiger partial charge in [-0.25, -0.2) is 0 Å². The van der Waals surface area contributed by atoms with E-state index in [2.05, 4.69) is 5.32 Å². The van der Waals surface area contributed by atoms with Gasteiger partial charge in [0.25, 0.3) is 0 Å². The molecule has 0 fully saturated rings. The number of halogens is 3. The molecule has 15 heavy (non-hydrogen) atoms. The van der Waals surface area contributed by atoms with Crippen molar-refractivity contribution in [2.45, 2.75) is 32.6 Å². The zero-order chi connectivity index (χ0) is 11.5. The van der Waals surface area contributed by atoms with E-state index in [-0.39, 0.29) is 12.6 Å². The van der Waals surface area contributed by atoms with E-state index >= 15 is 0 Å². The molecule has 4 heteroatoms. The summed E-state index contributed by atoms with van der Waals surface area (Å²) in [4.78, 5) is 0. The van der Waals surface area contributed by atoms with Crippen LogP contribution in [0.5, 0.6) is 0 Å². The van der Waals surface area contributed by atoms with Crippen LogP contribution in [0, 0.1) is 0 Å². The lowest BCUT2D eigenvalue weighted by Crippen LogP contribution is -2.23. The van der Waals surface area contributed by atoms with Crippen LogP contribution in [0.25, 0.3) is 0 Å². The molecule has 0 aliphatic heterocycles. The first-order valence-corrected chi connectivity index (χ1v) is 4.79. The van der Waals surface area contributed by atoms with Gasteiger partial charge in [0, 0.05) is 12.6 Å². The largest absolute Gasteiger partial charge is 0.416 e. The number of hydrogen-bond acceptors (Lipinski definition) is 1. The standard InChI is InChI=1S/C11H14F3N/c1-8(2)15-7-9-5-3-4-6-10(9)11(12,13)14/h3-6,8,15H,7H2,1-2H3. The summed E-state index contributed by atoms with van der Waals surface area (Å²) < 4.78 is 37.6. The lowest BCUT2D eigenvalue weighted by Gasteiger charge is -2.14. The number of nitrogens with one attached hydrogen (secondary N) is 1. The molecular weight excluding hydrogens is 203 g/mol. The molecule has 0 aliphatic rings. The molecule has 1 nitrogen and oxygen atoms in total. The normalized spacial score (nSPS) is 12.1. The van der Waals surface area contributed by atoms with Crippen molar-refractivity contribution < 1.29 is 13.2 Å². The van der Waals surface area contributed by atoms with Crippen LogP contribution in [-0.2, 0) is 12.7 Å². The van der Waals surface area contributed by atoms with Crippen molar-refractivity contribution in [3.63, 3.8) is 0 Å². The van der Waals surface area contributed by atoms with Crippen LogP contribution in [0.15, 0.2) is 24.3 Å². The molecule has 1 aromatic carbocycles. The first-order valence-electron chi connectivity index (χ1n) is 4.79. The molecule has 0 aromatic heterocycles. The van der Waals surface area contributed by atoms with Gasteiger partial charge in [0.2, 0.25) is 0 Å². The first kappa shape index (κ1) is 12.0. The third kappa shape index (κ3) is 3.55. The van der Waals surface area contributed by atoms with Gasteiger partial charge < -0.3 is 5.32 Å². The molecule has 0 bridgehead atoms. The summed E-state index contributed by atoms with van der Waals surface area (Å²) in [6.07, 6.45) is -4.27. The van der Waals surface area contributed by atoms with Crippen molar-refractivity contribution in [1.29, 1.82) is 0 Å². The summed E-state index contributed by atoms with van der Waals surface area (Å²) in [7, 11) is 0. The van der Waals surface area contributed by atoms with E-state index in [1.807, 2.05) is 13.8 Å². The Morgan fingerprint density at radius 3 is 2.33 bits per heavy atom. The van der Waals surface area contributed by atoms with Gasteiger partial charge in [-0.3, -0.25) is 0 Å². The summed E-state index contributed by atoms with van der Waals surface area (Å²) in [5.74, 6) is 0. The zero-order valence-electron chi connectivity index (χ0n) is 8.73. The average Bonchev–Trinajstić information content (AvgIpc) is 2.13. The highest BCUT2D eigenvalue weighted by Crippen LogP contribution is 2.31. The lowest BCUT2D eigenvalue weighted by molar-refractivity contribution is -0.138. The van der Waals surface area contributed by atoms with Gasteiger partial charge in [-0.1, -0.05) is 32.0 Å². The summed E-state index contributed by atoms with van der Waals surface area (Å²) in [5.41, 5.74) is -0.267. The molecule has 0 radical (unpaired) electrons. The van der Waals surface area contributed by atoms with E-state index in [1.54, 1.807) is 6.07 Å². The topological polar surface area (TPSA) is 12.0 Å². The van der Waals surface area contributed by atoms with Crippen LogP contribution < -0.4 is 5.32 Å². The SMILES string of the molecule is CC(C)NCc1ccccc1C(F)(F)F. The maximum Gasteiger partial charge on any atom is 0.416 e. The third-order valence-corrected chi connectivity index (χ3v) is 2.02. The second-order valence-corrected chi connectivity index (χ2v) is 3.69. The van der Waals surface area contributed by atoms with Gasteiger partial charge in [-0.05, 0) is 11.6 Å². The van der Waals surface area contributed by atoms with Gasteiger partial charge in [0.15, 0.2) is 0 Å². The molecule has 0 heterocycles. The van der Waals surface area contributed by atoms with Gasteiger partial charge >= 0.3 is 6.18 Å². The van der Waals surface area contributed by atoms with Crippen molar-refractivity contribution >= 4 is 0 Å². The van der Waals surface area contributed by atoms with E-state index in [1.165, 1.54) is 12.1 Å². The Morgan fingerprint density at radius 2 is 1.80 bits per heavy atom. The molecule has 0 amide bonds. The predicted octanol–water partition coefficient (Wildman–Crippen LogP) is 3.20. The molecule has 0 spiro atoms. The second-order valence-electron chi connectivity index (χ2n) is 3.69. The number of hydrogen-bond donors (Lipinski definition) is 1. The molecule has 0 aliphatic carbocycles. The number of benzene rings is 1. The van der Waals surface area contributed by atoms with Crippen LogP contribution in [-0.4, -0.2) is 6.04 Å². The highest BCUT2D eigenvalue weighted by atomic mass is 19.4. The van der Waals surface area contributed by atoms with Crippen LogP contribution in [0.2, 0.25) is 0 Å². The maximum atomic E-state index is 12.5. The minimum Gasteiger partial charge on any atom is -0.310 e. The van der Waals surface area contributed by atoms with Crippen LogP contribution in [0.1, 0.15) is 25.0 Å². The fourth-order valence-corrected chi connectivity index (χ4v) is 1.27. The lowest BCUT2D eigenvalue weighted by atomic mass is 10.1. The monoisotopic (exact) mass is 217 g/mol. The Bertz CT molecular complexity index is 318. The molecule has 0 unspecified atom stereocenters. The molecule has 0 saturated carbocycles. The van der Waals surface area contributed by atoms with E-state index in [9.17, 15) is 13.2 Å². The second kappa shape index (κ2) is 4.66. The van der Waals surface area contributed by atoms with E-state index in [0.717, 1.165) is 6.07 Å². The Labute approximate surface area is 87.3 Å². The van der Waals surface area contributed by atoms with Gasteiger partial charge in [0.1, 0.15) is 0 Å². The molecule has 1 aromatic rings. The molecular formula is C11H14F3N. The molecule has 1 N–H and O–H groups in total. The van der Waals surface area contributed by atoms with E-state index < -0.39 is 11.7 Å². The fourth-order valence-electron chi connectivity index (χ4n) is 1.27. The van der Waals surface area contributed by atoms with E-state index in [0.29, 0.717) is 5.56 Å². The van der Waals surface area contributed by atoms with Crippen LogP contribution in [0.3, 0.4) is 0 Å². The van der Waals surface area contributed by atoms with Crippen molar-refractivity contribution in [2.24, 2.45) is 0 Å². The smallest absolute Gasteiger partial charge is 0.310 e. The summed E-state index contributed by atoms with van der Waals surface area (Å²) in [5, 5.41) is 2.97. The number of rotatable bonds is 3. The van der Waals surface area contributed by atoms with Gasteiger partial charge in [-0.2, -0.15) is 13.2 Å². The summed E-state index contributed by atoms with van der Waals surface area (Å²) in [6.45, 7) is 4.04. The van der Waals surface area contributed by atoms with Crippen LogP contribution in [0.4, 0.5) is 13.2 Å². The molecule has 0 atom stereocenters. The Balaban J connectivity index is 2.87. The molecule has 84 valence electrons. The Hall–Kier alpha value is -1.03. The number of alkyl halides is 3. The predicted molar refractivity (Wildman–Crippen MR) is 53.4 cm³/mol. The Kier molecular flexibility index (Phi) is 3.74. The molecule has 1 rings (SSSR count). The fraction of sp³-hybridized carbons (Fsp3) is 0.455. The van der Waals surface area contributed by atoms with Crippen LogP contribution >= 0.6 is 0 Å². The third-order valence-electron chi connectivity index (χ3n) is 2.02. The minimum absolute atomic E-state index is 0.172. The molecule has 0 saturated heterocycles. The maximum absolute atomic E-state index is 12.5. The Morgan fingerprint density at radius 1 is 1.20 bits per heavy atom. The average molecular weight is 217 g/mol. The van der Waals surface area contributed by atoms with Crippen molar-refractivity contribution in [3.05, 3.63) is 35.4 Å². The highest BCUT2D eigenvalue weighted by Gasteiger charge is 2.32. The van der Waals surface area contributed by atoms with Gasteiger partial charge in [-0.15, -0.1) is 0 Å². The summed E-state index contributed by atoms with van der Waals surface area (Å²) >= 11 is 0. The van der Waals surface area contributed by atoms with Crippen molar-refractivity contribution in [1.82, 2.24) is 5.32 Å². The quantitative estimate of drug-likeness (QED) is 0.819. The highest BCUT2D eigenvalue weighted by molar-refractivity contribution is 5.29. The van der Waals surface area contributed by atoms with Crippen molar-refractivity contribution in [2.75, 3.05) is 0 Å².